The number of esters is 1. The molecule has 5 nitrogen and oxygen atoms in total. The van der Waals surface area contributed by atoms with Crippen LogP contribution in [0.1, 0.15) is 52.7 Å². The largest absolute Gasteiger partial charge is 0.482 e. The van der Waals surface area contributed by atoms with Crippen molar-refractivity contribution in [2.45, 2.75) is 32.1 Å². The lowest BCUT2D eigenvalue weighted by molar-refractivity contribution is -0.145. The molecule has 0 N–H and O–H groups in total. The first-order valence-corrected chi connectivity index (χ1v) is 14.1. The molecule has 0 atom stereocenters. The second-order valence-corrected chi connectivity index (χ2v) is 9.81. The molecule has 0 bridgehead atoms. The molecule has 0 aromatic heterocycles. The van der Waals surface area contributed by atoms with E-state index in [1.165, 1.54) is 23.3 Å². The van der Waals surface area contributed by atoms with Crippen molar-refractivity contribution in [3.05, 3.63) is 137 Å². The molecule has 6 heteroatoms. The van der Waals surface area contributed by atoms with E-state index in [4.69, 9.17) is 9.47 Å². The van der Waals surface area contributed by atoms with Crippen LogP contribution in [-0.2, 0) is 16.0 Å². The van der Waals surface area contributed by atoms with Crippen LogP contribution in [0, 0.1) is 5.82 Å². The van der Waals surface area contributed by atoms with E-state index >= 15 is 0 Å². The Hall–Kier alpha value is -4.45. The Morgan fingerprint density at radius 1 is 0.805 bits per heavy atom. The molecule has 1 amide bonds. The van der Waals surface area contributed by atoms with E-state index in [0.29, 0.717) is 31.0 Å². The van der Waals surface area contributed by atoms with Crippen LogP contribution in [0.2, 0.25) is 0 Å². The van der Waals surface area contributed by atoms with Crippen LogP contribution < -0.4 is 4.74 Å². The van der Waals surface area contributed by atoms with Crippen molar-refractivity contribution in [2.75, 3.05) is 26.3 Å². The lowest BCUT2D eigenvalue weighted by atomic mass is 9.88. The standard InChI is InChI=1S/C35H36FNO4/c1-2-40-34(38)26-41-32-17-9-11-27(25-32)12-10-23-37(35(39)30-18-20-31(36)21-19-30)24-22-33(28-13-5-3-6-14-28)29-15-7-4-8-16-29/h3-9,11,13-21,25,33H,2,10,12,22-24,26H2,1H3. The minimum Gasteiger partial charge on any atom is -0.482 e. The third-order valence-corrected chi connectivity index (χ3v) is 6.92. The van der Waals surface area contributed by atoms with Crippen LogP contribution in [0.3, 0.4) is 0 Å². The maximum atomic E-state index is 13.6. The number of rotatable bonds is 14. The molecule has 4 aromatic carbocycles. The van der Waals surface area contributed by atoms with Gasteiger partial charge in [-0.2, -0.15) is 0 Å². The molecule has 0 fully saturated rings. The minimum atomic E-state index is -0.405. The van der Waals surface area contributed by atoms with Gasteiger partial charge in [-0.1, -0.05) is 72.8 Å². The number of hydrogen-bond acceptors (Lipinski definition) is 4. The summed E-state index contributed by atoms with van der Waals surface area (Å²) < 4.78 is 24.1. The molecule has 0 saturated heterocycles. The van der Waals surface area contributed by atoms with Gasteiger partial charge in [-0.3, -0.25) is 4.79 Å². The predicted molar refractivity (Wildman–Crippen MR) is 159 cm³/mol. The Morgan fingerprint density at radius 2 is 1.46 bits per heavy atom. The van der Waals surface area contributed by atoms with E-state index in [9.17, 15) is 14.0 Å². The van der Waals surface area contributed by atoms with Gasteiger partial charge < -0.3 is 14.4 Å². The summed E-state index contributed by atoms with van der Waals surface area (Å²) in [4.78, 5) is 27.1. The number of carbonyl (C=O) groups excluding carboxylic acids is 2. The summed E-state index contributed by atoms with van der Waals surface area (Å²) in [7, 11) is 0. The third-order valence-electron chi connectivity index (χ3n) is 6.92. The summed E-state index contributed by atoms with van der Waals surface area (Å²) in [6.45, 7) is 3.02. The lowest BCUT2D eigenvalue weighted by Gasteiger charge is -2.26. The number of halogens is 1. The van der Waals surface area contributed by atoms with Crippen molar-refractivity contribution in [3.8, 4) is 5.75 Å². The number of nitrogens with zero attached hydrogens (tertiary/aromatic N) is 1. The quantitative estimate of drug-likeness (QED) is 0.157. The molecule has 0 spiro atoms. The van der Waals surface area contributed by atoms with E-state index < -0.39 is 5.97 Å². The predicted octanol–water partition coefficient (Wildman–Crippen LogP) is 7.06. The zero-order chi connectivity index (χ0) is 28.9. The number of benzene rings is 4. The summed E-state index contributed by atoms with van der Waals surface area (Å²) in [5.41, 5.74) is 3.92. The first-order chi connectivity index (χ1) is 20.0. The van der Waals surface area contributed by atoms with Crippen molar-refractivity contribution < 1.29 is 23.5 Å². The summed E-state index contributed by atoms with van der Waals surface area (Å²) in [6.07, 6.45) is 2.21. The first-order valence-electron chi connectivity index (χ1n) is 14.1. The molecule has 0 aliphatic carbocycles. The Labute approximate surface area is 241 Å². The van der Waals surface area contributed by atoms with Gasteiger partial charge in [0.05, 0.1) is 6.61 Å². The van der Waals surface area contributed by atoms with Gasteiger partial charge in [0, 0.05) is 24.6 Å². The highest BCUT2D eigenvalue weighted by atomic mass is 19.1. The normalized spacial score (nSPS) is 10.8. The lowest BCUT2D eigenvalue weighted by Crippen LogP contribution is -2.34. The highest BCUT2D eigenvalue weighted by Crippen LogP contribution is 2.28. The van der Waals surface area contributed by atoms with Crippen LogP contribution in [0.25, 0.3) is 0 Å². The molecule has 0 aliphatic rings. The Bertz CT molecular complexity index is 1340. The fourth-order valence-corrected chi connectivity index (χ4v) is 4.88. The van der Waals surface area contributed by atoms with Gasteiger partial charge in [0.1, 0.15) is 11.6 Å². The van der Waals surface area contributed by atoms with E-state index in [1.807, 2.05) is 59.5 Å². The van der Waals surface area contributed by atoms with Gasteiger partial charge in [-0.05, 0) is 79.3 Å². The Morgan fingerprint density at radius 3 is 2.10 bits per heavy atom. The molecular weight excluding hydrogens is 517 g/mol. The van der Waals surface area contributed by atoms with Gasteiger partial charge in [-0.25, -0.2) is 9.18 Å². The topological polar surface area (TPSA) is 55.8 Å². The second-order valence-electron chi connectivity index (χ2n) is 9.81. The van der Waals surface area contributed by atoms with E-state index in [2.05, 4.69) is 24.3 Å². The van der Waals surface area contributed by atoms with Crippen LogP contribution in [-0.4, -0.2) is 43.1 Å². The SMILES string of the molecule is CCOC(=O)COc1cccc(CCCN(CCC(c2ccccc2)c2ccccc2)C(=O)c2ccc(F)cc2)c1. The van der Waals surface area contributed by atoms with Crippen molar-refractivity contribution >= 4 is 11.9 Å². The van der Waals surface area contributed by atoms with Crippen molar-refractivity contribution in [1.29, 1.82) is 0 Å². The average Bonchev–Trinajstić information content (AvgIpc) is 3.01. The van der Waals surface area contributed by atoms with Crippen molar-refractivity contribution in [3.63, 3.8) is 0 Å². The number of ether oxygens (including phenoxy) is 2. The van der Waals surface area contributed by atoms with E-state index in [1.54, 1.807) is 25.1 Å². The molecule has 41 heavy (non-hydrogen) atoms. The second kappa shape index (κ2) is 15.4. The number of aryl methyl sites for hydroxylation is 1. The van der Waals surface area contributed by atoms with Crippen LogP contribution in [0.4, 0.5) is 4.39 Å². The highest BCUT2D eigenvalue weighted by molar-refractivity contribution is 5.94. The van der Waals surface area contributed by atoms with Crippen LogP contribution in [0.5, 0.6) is 5.75 Å². The van der Waals surface area contributed by atoms with Crippen LogP contribution in [0.15, 0.2) is 109 Å². The molecule has 0 saturated carbocycles. The maximum absolute atomic E-state index is 13.6. The summed E-state index contributed by atoms with van der Waals surface area (Å²) in [6, 6.07) is 34.0. The Kier molecular flexibility index (Phi) is 11.1. The summed E-state index contributed by atoms with van der Waals surface area (Å²) in [5.74, 6) is -0.155. The monoisotopic (exact) mass is 553 g/mol. The van der Waals surface area contributed by atoms with Crippen molar-refractivity contribution in [2.24, 2.45) is 0 Å². The molecule has 0 aliphatic heterocycles. The first kappa shape index (κ1) is 29.5. The summed E-state index contributed by atoms with van der Waals surface area (Å²) in [5, 5.41) is 0. The molecule has 0 radical (unpaired) electrons. The van der Waals surface area contributed by atoms with Crippen LogP contribution >= 0.6 is 0 Å². The molecule has 212 valence electrons. The fraction of sp³-hybridized carbons (Fsp3) is 0.257. The minimum absolute atomic E-state index is 0.114. The van der Waals surface area contributed by atoms with E-state index in [0.717, 1.165) is 24.8 Å². The third kappa shape index (κ3) is 9.04. The van der Waals surface area contributed by atoms with Gasteiger partial charge in [0.25, 0.3) is 5.91 Å². The zero-order valence-corrected chi connectivity index (χ0v) is 23.4. The average molecular weight is 554 g/mol. The Balaban J connectivity index is 1.45. The van der Waals surface area contributed by atoms with Gasteiger partial charge in [0.2, 0.25) is 0 Å². The van der Waals surface area contributed by atoms with Gasteiger partial charge >= 0.3 is 5.97 Å². The van der Waals surface area contributed by atoms with E-state index in [-0.39, 0.29) is 24.2 Å². The fourth-order valence-electron chi connectivity index (χ4n) is 4.88. The molecule has 4 aromatic rings. The number of amides is 1. The zero-order valence-electron chi connectivity index (χ0n) is 23.4. The molecule has 4 rings (SSSR count). The van der Waals surface area contributed by atoms with Crippen molar-refractivity contribution in [1.82, 2.24) is 4.90 Å². The van der Waals surface area contributed by atoms with Gasteiger partial charge in [0.15, 0.2) is 6.61 Å². The smallest absolute Gasteiger partial charge is 0.344 e. The highest BCUT2D eigenvalue weighted by Gasteiger charge is 2.20. The molecular formula is C35H36FNO4. The van der Waals surface area contributed by atoms with Gasteiger partial charge in [-0.15, -0.1) is 0 Å². The number of hydrogen-bond donors (Lipinski definition) is 0. The number of carbonyl (C=O) groups is 2. The maximum Gasteiger partial charge on any atom is 0.344 e. The molecule has 0 heterocycles. The molecule has 0 unspecified atom stereocenters. The summed E-state index contributed by atoms with van der Waals surface area (Å²) >= 11 is 0.